The lowest BCUT2D eigenvalue weighted by Crippen LogP contribution is -2.20. The van der Waals surface area contributed by atoms with E-state index >= 15 is 0 Å². The first kappa shape index (κ1) is 15.0. The number of esters is 1. The average molecular weight is 306 g/mol. The Morgan fingerprint density at radius 2 is 2.00 bits per heavy atom. The van der Waals surface area contributed by atoms with Crippen molar-refractivity contribution in [3.63, 3.8) is 0 Å². The lowest BCUT2D eigenvalue weighted by atomic mass is 10.2. The van der Waals surface area contributed by atoms with Crippen LogP contribution >= 0.6 is 11.3 Å². The SMILES string of the molecule is COC(=O)c1ccc(OCC(=O)Nc2nc(C)cs2)cc1. The molecule has 1 heterocycles. The molecule has 1 aromatic carbocycles. The summed E-state index contributed by atoms with van der Waals surface area (Å²) in [6.45, 7) is 1.72. The van der Waals surface area contributed by atoms with E-state index in [0.717, 1.165) is 5.69 Å². The number of ether oxygens (including phenoxy) is 2. The first-order chi connectivity index (χ1) is 10.1. The topological polar surface area (TPSA) is 77.5 Å². The third kappa shape index (κ3) is 4.28. The lowest BCUT2D eigenvalue weighted by molar-refractivity contribution is -0.118. The quantitative estimate of drug-likeness (QED) is 0.857. The summed E-state index contributed by atoms with van der Waals surface area (Å²) in [5.74, 6) is -0.215. The van der Waals surface area contributed by atoms with E-state index in [1.165, 1.54) is 18.4 Å². The molecule has 0 fully saturated rings. The molecule has 6 nitrogen and oxygen atoms in total. The molecule has 0 aliphatic heterocycles. The minimum atomic E-state index is -0.418. The summed E-state index contributed by atoms with van der Waals surface area (Å²) < 4.78 is 9.92. The Bertz CT molecular complexity index is 637. The molecule has 0 spiro atoms. The van der Waals surface area contributed by atoms with Crippen molar-refractivity contribution in [2.75, 3.05) is 19.0 Å². The van der Waals surface area contributed by atoms with Crippen LogP contribution in [0.15, 0.2) is 29.6 Å². The maximum Gasteiger partial charge on any atom is 0.337 e. The second-order valence-electron chi connectivity index (χ2n) is 4.15. The molecule has 7 heteroatoms. The Kier molecular flexibility index (Phi) is 4.89. The third-order valence-electron chi connectivity index (χ3n) is 2.51. The predicted molar refractivity (Wildman–Crippen MR) is 78.8 cm³/mol. The van der Waals surface area contributed by atoms with E-state index in [9.17, 15) is 9.59 Å². The van der Waals surface area contributed by atoms with Gasteiger partial charge in [-0.1, -0.05) is 0 Å². The number of anilines is 1. The summed E-state index contributed by atoms with van der Waals surface area (Å²) >= 11 is 1.36. The molecule has 1 aromatic heterocycles. The molecule has 0 aliphatic carbocycles. The number of rotatable bonds is 5. The van der Waals surface area contributed by atoms with Crippen LogP contribution in [0.4, 0.5) is 5.13 Å². The highest BCUT2D eigenvalue weighted by Gasteiger charge is 2.08. The van der Waals surface area contributed by atoms with Gasteiger partial charge in [-0.3, -0.25) is 10.1 Å². The van der Waals surface area contributed by atoms with Crippen LogP contribution in [0.1, 0.15) is 16.1 Å². The second kappa shape index (κ2) is 6.85. The highest BCUT2D eigenvalue weighted by molar-refractivity contribution is 7.13. The van der Waals surface area contributed by atoms with Gasteiger partial charge >= 0.3 is 5.97 Å². The first-order valence-electron chi connectivity index (χ1n) is 6.11. The number of benzene rings is 1. The van der Waals surface area contributed by atoms with Gasteiger partial charge in [0.1, 0.15) is 5.75 Å². The van der Waals surface area contributed by atoms with Crippen molar-refractivity contribution in [3.8, 4) is 5.75 Å². The van der Waals surface area contributed by atoms with Gasteiger partial charge in [0.2, 0.25) is 0 Å². The standard InChI is InChI=1S/C14H14N2O4S/c1-9-8-21-14(15-9)16-12(17)7-20-11-5-3-10(4-6-11)13(18)19-2/h3-6,8H,7H2,1-2H3,(H,15,16,17). The van der Waals surface area contributed by atoms with E-state index < -0.39 is 5.97 Å². The van der Waals surface area contributed by atoms with E-state index in [0.29, 0.717) is 16.4 Å². The third-order valence-corrected chi connectivity index (χ3v) is 3.39. The zero-order valence-corrected chi connectivity index (χ0v) is 12.4. The smallest absolute Gasteiger partial charge is 0.337 e. The maximum absolute atomic E-state index is 11.7. The van der Waals surface area contributed by atoms with Gasteiger partial charge in [-0.15, -0.1) is 11.3 Å². The van der Waals surface area contributed by atoms with Crippen LogP contribution in [0.5, 0.6) is 5.75 Å². The number of thiazole rings is 1. The fourth-order valence-electron chi connectivity index (χ4n) is 1.52. The van der Waals surface area contributed by atoms with Gasteiger partial charge in [-0.05, 0) is 31.2 Å². The van der Waals surface area contributed by atoms with E-state index in [4.69, 9.17) is 4.74 Å². The molecule has 0 unspecified atom stereocenters. The highest BCUT2D eigenvalue weighted by Crippen LogP contribution is 2.15. The Morgan fingerprint density at radius 3 is 2.57 bits per heavy atom. The van der Waals surface area contributed by atoms with E-state index in [-0.39, 0.29) is 12.5 Å². The lowest BCUT2D eigenvalue weighted by Gasteiger charge is -2.06. The zero-order chi connectivity index (χ0) is 15.2. The Labute approximate surface area is 125 Å². The van der Waals surface area contributed by atoms with Gasteiger partial charge in [0.15, 0.2) is 11.7 Å². The summed E-state index contributed by atoms with van der Waals surface area (Å²) in [6, 6.07) is 6.35. The van der Waals surface area contributed by atoms with Gasteiger partial charge in [0.25, 0.3) is 5.91 Å². The van der Waals surface area contributed by atoms with Gasteiger partial charge < -0.3 is 9.47 Å². The average Bonchev–Trinajstić information content (AvgIpc) is 2.90. The summed E-state index contributed by atoms with van der Waals surface area (Å²) in [4.78, 5) is 27.1. The second-order valence-corrected chi connectivity index (χ2v) is 5.00. The Morgan fingerprint density at radius 1 is 1.29 bits per heavy atom. The minimum absolute atomic E-state index is 0.129. The van der Waals surface area contributed by atoms with Gasteiger partial charge in [0.05, 0.1) is 18.4 Å². The van der Waals surface area contributed by atoms with Crippen LogP contribution in [0.3, 0.4) is 0 Å². The highest BCUT2D eigenvalue weighted by atomic mass is 32.1. The summed E-state index contributed by atoms with van der Waals surface area (Å²) in [5.41, 5.74) is 1.28. The monoisotopic (exact) mass is 306 g/mol. The molecule has 0 saturated carbocycles. The molecule has 110 valence electrons. The number of carbonyl (C=O) groups excluding carboxylic acids is 2. The van der Waals surface area contributed by atoms with Crippen molar-refractivity contribution < 1.29 is 19.1 Å². The largest absolute Gasteiger partial charge is 0.484 e. The summed E-state index contributed by atoms with van der Waals surface area (Å²) in [5, 5.41) is 5.03. The predicted octanol–water partition coefficient (Wildman–Crippen LogP) is 2.26. The number of aromatic nitrogens is 1. The molecule has 2 aromatic rings. The number of nitrogens with zero attached hydrogens (tertiary/aromatic N) is 1. The number of aryl methyl sites for hydroxylation is 1. The molecule has 2 rings (SSSR count). The summed E-state index contributed by atoms with van der Waals surface area (Å²) in [7, 11) is 1.32. The maximum atomic E-state index is 11.7. The van der Waals surface area contributed by atoms with Crippen molar-refractivity contribution in [3.05, 3.63) is 40.9 Å². The van der Waals surface area contributed by atoms with Crippen LogP contribution < -0.4 is 10.1 Å². The molecular formula is C14H14N2O4S. The van der Waals surface area contributed by atoms with Crippen molar-refractivity contribution >= 4 is 28.3 Å². The van der Waals surface area contributed by atoms with Crippen LogP contribution in [-0.2, 0) is 9.53 Å². The molecule has 0 atom stereocenters. The Balaban J connectivity index is 1.85. The van der Waals surface area contributed by atoms with E-state index in [1.54, 1.807) is 24.3 Å². The fourth-order valence-corrected chi connectivity index (χ4v) is 2.23. The number of hydrogen-bond donors (Lipinski definition) is 1. The van der Waals surface area contributed by atoms with Gasteiger partial charge in [0, 0.05) is 5.38 Å². The van der Waals surface area contributed by atoms with Crippen LogP contribution in [0.25, 0.3) is 0 Å². The number of nitrogens with one attached hydrogen (secondary N) is 1. The summed E-state index contributed by atoms with van der Waals surface area (Å²) in [6.07, 6.45) is 0. The molecule has 0 aliphatic rings. The van der Waals surface area contributed by atoms with E-state index in [2.05, 4.69) is 15.0 Å². The van der Waals surface area contributed by atoms with Crippen molar-refractivity contribution in [2.24, 2.45) is 0 Å². The normalized spacial score (nSPS) is 10.0. The van der Waals surface area contributed by atoms with Gasteiger partial charge in [-0.25, -0.2) is 9.78 Å². The molecule has 1 N–H and O–H groups in total. The Hall–Kier alpha value is -2.41. The van der Waals surface area contributed by atoms with Crippen LogP contribution in [0.2, 0.25) is 0 Å². The van der Waals surface area contributed by atoms with Crippen molar-refractivity contribution in [1.82, 2.24) is 4.98 Å². The molecule has 1 amide bonds. The van der Waals surface area contributed by atoms with Crippen LogP contribution in [-0.4, -0.2) is 30.6 Å². The molecular weight excluding hydrogens is 292 g/mol. The molecule has 0 radical (unpaired) electrons. The van der Waals surface area contributed by atoms with Gasteiger partial charge in [-0.2, -0.15) is 0 Å². The molecule has 0 saturated heterocycles. The number of methoxy groups -OCH3 is 1. The molecule has 0 bridgehead atoms. The number of hydrogen-bond acceptors (Lipinski definition) is 6. The first-order valence-corrected chi connectivity index (χ1v) is 6.99. The minimum Gasteiger partial charge on any atom is -0.484 e. The molecule has 21 heavy (non-hydrogen) atoms. The van der Waals surface area contributed by atoms with Crippen molar-refractivity contribution in [2.45, 2.75) is 6.92 Å². The van der Waals surface area contributed by atoms with Crippen LogP contribution in [0, 0.1) is 6.92 Å². The van der Waals surface area contributed by atoms with E-state index in [1.807, 2.05) is 12.3 Å². The van der Waals surface area contributed by atoms with Crippen molar-refractivity contribution in [1.29, 1.82) is 0 Å². The number of carbonyl (C=O) groups is 2. The fraction of sp³-hybridized carbons (Fsp3) is 0.214. The number of amides is 1. The zero-order valence-electron chi connectivity index (χ0n) is 11.6.